The van der Waals surface area contributed by atoms with Crippen LogP contribution in [0.15, 0.2) is 18.2 Å². The molecule has 0 heterocycles. The molecule has 1 saturated carbocycles. The highest BCUT2D eigenvalue weighted by Crippen LogP contribution is 2.30. The Morgan fingerprint density at radius 2 is 1.95 bits per heavy atom. The van der Waals surface area contributed by atoms with E-state index in [0.717, 1.165) is 28.7 Å². The summed E-state index contributed by atoms with van der Waals surface area (Å²) in [6, 6.07) is 6.44. The van der Waals surface area contributed by atoms with Gasteiger partial charge in [0.15, 0.2) is 0 Å². The number of rotatable bonds is 4. The first-order chi connectivity index (χ1) is 9.10. The van der Waals surface area contributed by atoms with Crippen LogP contribution in [0.4, 0.5) is 5.69 Å². The van der Waals surface area contributed by atoms with Crippen LogP contribution in [0, 0.1) is 5.92 Å². The Labute approximate surface area is 121 Å². The quantitative estimate of drug-likeness (QED) is 0.832. The highest BCUT2D eigenvalue weighted by molar-refractivity contribution is 6.30. The molecule has 0 radical (unpaired) electrons. The highest BCUT2D eigenvalue weighted by atomic mass is 35.5. The van der Waals surface area contributed by atoms with Crippen molar-refractivity contribution < 1.29 is 0 Å². The molecule has 1 aromatic rings. The number of benzene rings is 1. The van der Waals surface area contributed by atoms with E-state index in [4.69, 9.17) is 17.3 Å². The molecule has 0 amide bonds. The van der Waals surface area contributed by atoms with Crippen LogP contribution in [0.1, 0.15) is 44.6 Å². The van der Waals surface area contributed by atoms with E-state index in [1.54, 1.807) is 0 Å². The lowest BCUT2D eigenvalue weighted by molar-refractivity contribution is 0.158. The molecule has 1 aromatic carbocycles. The van der Waals surface area contributed by atoms with Gasteiger partial charge in [0.2, 0.25) is 0 Å². The van der Waals surface area contributed by atoms with Gasteiger partial charge in [0, 0.05) is 23.3 Å². The normalized spacial score (nSPS) is 23.8. The van der Waals surface area contributed by atoms with Gasteiger partial charge in [-0.2, -0.15) is 0 Å². The second-order valence-corrected chi connectivity index (χ2v) is 6.28. The zero-order valence-corrected chi connectivity index (χ0v) is 12.8. The molecular weight excluding hydrogens is 256 g/mol. The van der Waals surface area contributed by atoms with Crippen molar-refractivity contribution in [3.63, 3.8) is 0 Å². The standard InChI is InChI=1S/C16H25ClN2/c1-3-12-4-7-15(8-5-12)19(2)11-13-10-14(17)6-9-16(13)18/h6,9-10,12,15H,3-5,7-8,11,18H2,1-2H3. The zero-order valence-electron chi connectivity index (χ0n) is 12.0. The smallest absolute Gasteiger partial charge is 0.0410 e. The first kappa shape index (κ1) is 14.7. The van der Waals surface area contributed by atoms with Crippen LogP contribution in [-0.2, 0) is 6.54 Å². The highest BCUT2D eigenvalue weighted by Gasteiger charge is 2.23. The monoisotopic (exact) mass is 280 g/mol. The van der Waals surface area contributed by atoms with Crippen molar-refractivity contribution in [2.24, 2.45) is 5.92 Å². The van der Waals surface area contributed by atoms with Gasteiger partial charge in [0.05, 0.1) is 0 Å². The molecule has 0 aromatic heterocycles. The van der Waals surface area contributed by atoms with Gasteiger partial charge < -0.3 is 5.73 Å². The van der Waals surface area contributed by atoms with Crippen LogP contribution in [0.2, 0.25) is 5.02 Å². The Hall–Kier alpha value is -0.730. The number of anilines is 1. The van der Waals surface area contributed by atoms with Gasteiger partial charge in [0.1, 0.15) is 0 Å². The molecule has 19 heavy (non-hydrogen) atoms. The number of nitrogens with two attached hydrogens (primary N) is 1. The van der Waals surface area contributed by atoms with Crippen molar-refractivity contribution >= 4 is 17.3 Å². The molecular formula is C16H25ClN2. The molecule has 1 fully saturated rings. The van der Waals surface area contributed by atoms with E-state index in [1.807, 2.05) is 18.2 Å². The average molecular weight is 281 g/mol. The van der Waals surface area contributed by atoms with Gasteiger partial charge in [-0.3, -0.25) is 4.90 Å². The van der Waals surface area contributed by atoms with Crippen molar-refractivity contribution in [3.8, 4) is 0 Å². The molecule has 2 rings (SSSR count). The van der Waals surface area contributed by atoms with Gasteiger partial charge in [-0.25, -0.2) is 0 Å². The third-order valence-electron chi connectivity index (χ3n) is 4.54. The summed E-state index contributed by atoms with van der Waals surface area (Å²) in [6.45, 7) is 3.20. The summed E-state index contributed by atoms with van der Waals surface area (Å²) in [7, 11) is 2.21. The first-order valence-corrected chi connectivity index (χ1v) is 7.72. The second kappa shape index (κ2) is 6.62. The van der Waals surface area contributed by atoms with Gasteiger partial charge in [-0.05, 0) is 62.4 Å². The molecule has 106 valence electrons. The maximum Gasteiger partial charge on any atom is 0.0410 e. The van der Waals surface area contributed by atoms with Crippen molar-refractivity contribution in [1.82, 2.24) is 4.90 Å². The molecule has 0 saturated heterocycles. The SMILES string of the molecule is CCC1CCC(N(C)Cc2cc(Cl)ccc2N)CC1. The Morgan fingerprint density at radius 3 is 2.58 bits per heavy atom. The third kappa shape index (κ3) is 3.87. The van der Waals surface area contributed by atoms with Crippen LogP contribution in [0.3, 0.4) is 0 Å². The number of halogens is 1. The van der Waals surface area contributed by atoms with E-state index >= 15 is 0 Å². The molecule has 0 spiro atoms. The topological polar surface area (TPSA) is 29.3 Å². The molecule has 0 bridgehead atoms. The van der Waals surface area contributed by atoms with Gasteiger partial charge in [0.25, 0.3) is 0 Å². The molecule has 2 nitrogen and oxygen atoms in total. The van der Waals surface area contributed by atoms with Crippen molar-refractivity contribution in [2.45, 2.75) is 51.6 Å². The fraction of sp³-hybridized carbons (Fsp3) is 0.625. The predicted molar refractivity (Wildman–Crippen MR) is 83.4 cm³/mol. The maximum atomic E-state index is 6.05. The van der Waals surface area contributed by atoms with E-state index in [2.05, 4.69) is 18.9 Å². The Morgan fingerprint density at radius 1 is 1.26 bits per heavy atom. The maximum absolute atomic E-state index is 6.05. The largest absolute Gasteiger partial charge is 0.398 e. The van der Waals surface area contributed by atoms with E-state index in [1.165, 1.54) is 32.1 Å². The molecule has 1 aliphatic carbocycles. The van der Waals surface area contributed by atoms with E-state index in [0.29, 0.717) is 6.04 Å². The van der Waals surface area contributed by atoms with E-state index in [9.17, 15) is 0 Å². The third-order valence-corrected chi connectivity index (χ3v) is 4.78. The van der Waals surface area contributed by atoms with Crippen LogP contribution in [0.5, 0.6) is 0 Å². The second-order valence-electron chi connectivity index (χ2n) is 5.84. The molecule has 3 heteroatoms. The molecule has 0 atom stereocenters. The van der Waals surface area contributed by atoms with Crippen molar-refractivity contribution in [2.75, 3.05) is 12.8 Å². The Bertz CT molecular complexity index is 411. The molecule has 1 aliphatic rings. The van der Waals surface area contributed by atoms with Crippen LogP contribution in [0.25, 0.3) is 0 Å². The summed E-state index contributed by atoms with van der Waals surface area (Å²) in [5, 5.41) is 0.771. The molecule has 2 N–H and O–H groups in total. The van der Waals surface area contributed by atoms with E-state index in [-0.39, 0.29) is 0 Å². The summed E-state index contributed by atoms with van der Waals surface area (Å²) >= 11 is 6.05. The number of nitrogens with zero attached hydrogens (tertiary/aromatic N) is 1. The molecule has 0 aliphatic heterocycles. The van der Waals surface area contributed by atoms with Crippen LogP contribution < -0.4 is 5.73 Å². The van der Waals surface area contributed by atoms with Crippen molar-refractivity contribution in [3.05, 3.63) is 28.8 Å². The van der Waals surface area contributed by atoms with Crippen LogP contribution >= 0.6 is 11.6 Å². The minimum atomic E-state index is 0.696. The summed E-state index contributed by atoms with van der Waals surface area (Å²) in [4.78, 5) is 2.44. The Kier molecular flexibility index (Phi) is 5.12. The molecule has 0 unspecified atom stereocenters. The number of nitrogen functional groups attached to an aromatic ring is 1. The lowest BCUT2D eigenvalue weighted by Gasteiger charge is -2.34. The van der Waals surface area contributed by atoms with Gasteiger partial charge >= 0.3 is 0 Å². The Balaban J connectivity index is 1.94. The summed E-state index contributed by atoms with van der Waals surface area (Å²) in [5.41, 5.74) is 8.02. The lowest BCUT2D eigenvalue weighted by atomic mass is 9.84. The van der Waals surface area contributed by atoms with Gasteiger partial charge in [-0.15, -0.1) is 0 Å². The van der Waals surface area contributed by atoms with Crippen LogP contribution in [-0.4, -0.2) is 18.0 Å². The summed E-state index contributed by atoms with van der Waals surface area (Å²) < 4.78 is 0. The number of hydrogen-bond acceptors (Lipinski definition) is 2. The van der Waals surface area contributed by atoms with E-state index < -0.39 is 0 Å². The van der Waals surface area contributed by atoms with Crippen molar-refractivity contribution in [1.29, 1.82) is 0 Å². The minimum absolute atomic E-state index is 0.696. The lowest BCUT2D eigenvalue weighted by Crippen LogP contribution is -2.34. The summed E-state index contributed by atoms with van der Waals surface area (Å²) in [5.74, 6) is 0.945. The summed E-state index contributed by atoms with van der Waals surface area (Å²) in [6.07, 6.45) is 6.70. The zero-order chi connectivity index (χ0) is 13.8. The fourth-order valence-corrected chi connectivity index (χ4v) is 3.30. The van der Waals surface area contributed by atoms with Gasteiger partial charge in [-0.1, -0.05) is 24.9 Å². The predicted octanol–water partition coefficient (Wildman–Crippen LogP) is 4.32. The number of hydrogen-bond donors (Lipinski definition) is 1. The fourth-order valence-electron chi connectivity index (χ4n) is 3.10. The average Bonchev–Trinajstić information content (AvgIpc) is 2.43. The minimum Gasteiger partial charge on any atom is -0.398 e. The first-order valence-electron chi connectivity index (χ1n) is 7.34.